The van der Waals surface area contributed by atoms with E-state index in [1.54, 1.807) is 11.3 Å². The maximum atomic E-state index is 4.55. The molecule has 0 spiro atoms. The fraction of sp³-hybridized carbons (Fsp3) is 0.0588. The average Bonchev–Trinajstić information content (AvgIpc) is 3.03. The predicted molar refractivity (Wildman–Crippen MR) is 89.8 cm³/mol. The van der Waals surface area contributed by atoms with Crippen LogP contribution in [-0.4, -0.2) is 10.7 Å². The van der Waals surface area contributed by atoms with E-state index in [0.717, 1.165) is 27.7 Å². The first-order valence-electron chi connectivity index (χ1n) is 6.69. The number of hydrazone groups is 1. The van der Waals surface area contributed by atoms with E-state index in [9.17, 15) is 0 Å². The summed E-state index contributed by atoms with van der Waals surface area (Å²) in [6.45, 7) is 1.98. The Kier molecular flexibility index (Phi) is 4.07. The number of aromatic nitrogens is 1. The SMILES string of the molecule is CC(=NNc1nc(-c2ccccc2)cs1)c1ccccc1. The van der Waals surface area contributed by atoms with E-state index in [1.807, 2.05) is 60.8 Å². The largest absolute Gasteiger partial charge is 0.252 e. The zero-order valence-corrected chi connectivity index (χ0v) is 12.5. The van der Waals surface area contributed by atoms with Crippen LogP contribution in [-0.2, 0) is 0 Å². The van der Waals surface area contributed by atoms with Crippen LogP contribution < -0.4 is 5.43 Å². The van der Waals surface area contributed by atoms with Gasteiger partial charge in [0.05, 0.1) is 11.4 Å². The van der Waals surface area contributed by atoms with Crippen molar-refractivity contribution in [2.75, 3.05) is 5.43 Å². The molecule has 0 saturated carbocycles. The van der Waals surface area contributed by atoms with Crippen LogP contribution in [0.2, 0.25) is 0 Å². The fourth-order valence-electron chi connectivity index (χ4n) is 1.94. The predicted octanol–water partition coefficient (Wildman–Crippen LogP) is 4.65. The summed E-state index contributed by atoms with van der Waals surface area (Å²) in [4.78, 5) is 4.55. The number of hydrogen-bond donors (Lipinski definition) is 1. The molecule has 3 rings (SSSR count). The molecule has 3 aromatic rings. The van der Waals surface area contributed by atoms with E-state index in [-0.39, 0.29) is 0 Å². The molecule has 2 aromatic carbocycles. The van der Waals surface area contributed by atoms with E-state index in [2.05, 4.69) is 27.6 Å². The highest BCUT2D eigenvalue weighted by Gasteiger charge is 2.03. The summed E-state index contributed by atoms with van der Waals surface area (Å²) >= 11 is 1.55. The summed E-state index contributed by atoms with van der Waals surface area (Å²) in [5, 5.41) is 7.21. The van der Waals surface area contributed by atoms with Gasteiger partial charge in [-0.3, -0.25) is 5.43 Å². The molecule has 104 valence electrons. The molecule has 0 bridgehead atoms. The Morgan fingerprint density at radius 2 is 1.67 bits per heavy atom. The molecule has 0 unspecified atom stereocenters. The molecule has 3 nitrogen and oxygen atoms in total. The van der Waals surface area contributed by atoms with E-state index in [0.29, 0.717) is 0 Å². The first-order valence-corrected chi connectivity index (χ1v) is 7.57. The third-order valence-corrected chi connectivity index (χ3v) is 3.83. The summed E-state index contributed by atoms with van der Waals surface area (Å²) in [7, 11) is 0. The van der Waals surface area contributed by atoms with Gasteiger partial charge in [0.25, 0.3) is 0 Å². The lowest BCUT2D eigenvalue weighted by Crippen LogP contribution is -1.99. The number of anilines is 1. The minimum atomic E-state index is 0.795. The Labute approximate surface area is 128 Å². The van der Waals surface area contributed by atoms with Gasteiger partial charge in [-0.15, -0.1) is 11.3 Å². The van der Waals surface area contributed by atoms with E-state index in [1.165, 1.54) is 0 Å². The van der Waals surface area contributed by atoms with Crippen LogP contribution in [0.25, 0.3) is 11.3 Å². The topological polar surface area (TPSA) is 37.3 Å². The summed E-state index contributed by atoms with van der Waals surface area (Å²) in [5.74, 6) is 0. The maximum absolute atomic E-state index is 4.55. The van der Waals surface area contributed by atoms with Gasteiger partial charge in [0, 0.05) is 10.9 Å². The van der Waals surface area contributed by atoms with Gasteiger partial charge in [0.15, 0.2) is 0 Å². The summed E-state index contributed by atoms with van der Waals surface area (Å²) in [6.07, 6.45) is 0. The minimum Gasteiger partial charge on any atom is -0.252 e. The second kappa shape index (κ2) is 6.33. The number of hydrogen-bond acceptors (Lipinski definition) is 4. The quantitative estimate of drug-likeness (QED) is 0.562. The molecule has 0 fully saturated rings. The molecule has 0 aliphatic heterocycles. The number of benzene rings is 2. The molecule has 0 aliphatic rings. The fourth-order valence-corrected chi connectivity index (χ4v) is 2.60. The van der Waals surface area contributed by atoms with Crippen molar-refractivity contribution in [3.05, 3.63) is 71.6 Å². The Morgan fingerprint density at radius 3 is 2.38 bits per heavy atom. The molecule has 1 heterocycles. The lowest BCUT2D eigenvalue weighted by Gasteiger charge is -2.00. The van der Waals surface area contributed by atoms with Gasteiger partial charge in [-0.1, -0.05) is 60.7 Å². The molecule has 1 aromatic heterocycles. The van der Waals surface area contributed by atoms with E-state index < -0.39 is 0 Å². The normalized spacial score (nSPS) is 11.4. The van der Waals surface area contributed by atoms with Gasteiger partial charge in [-0.25, -0.2) is 4.98 Å². The van der Waals surface area contributed by atoms with Crippen molar-refractivity contribution < 1.29 is 0 Å². The first-order chi connectivity index (χ1) is 10.3. The van der Waals surface area contributed by atoms with Crippen LogP contribution in [0.5, 0.6) is 0 Å². The van der Waals surface area contributed by atoms with Crippen molar-refractivity contribution in [3.63, 3.8) is 0 Å². The zero-order valence-electron chi connectivity index (χ0n) is 11.7. The second-order valence-electron chi connectivity index (χ2n) is 4.58. The average molecular weight is 293 g/mol. The molecule has 0 saturated heterocycles. The third-order valence-electron chi connectivity index (χ3n) is 3.08. The van der Waals surface area contributed by atoms with Gasteiger partial charge >= 0.3 is 0 Å². The van der Waals surface area contributed by atoms with Crippen LogP contribution in [0.15, 0.2) is 71.1 Å². The Bertz CT molecular complexity index is 733. The van der Waals surface area contributed by atoms with Gasteiger partial charge in [-0.2, -0.15) is 5.10 Å². The first kappa shape index (κ1) is 13.5. The lowest BCUT2D eigenvalue weighted by molar-refractivity contribution is 1.27. The minimum absolute atomic E-state index is 0.795. The molecule has 0 atom stereocenters. The van der Waals surface area contributed by atoms with Gasteiger partial charge in [0.2, 0.25) is 5.13 Å². The monoisotopic (exact) mass is 293 g/mol. The van der Waals surface area contributed by atoms with Gasteiger partial charge in [-0.05, 0) is 12.5 Å². The Morgan fingerprint density at radius 1 is 1.00 bits per heavy atom. The smallest absolute Gasteiger partial charge is 0.203 e. The number of thiazole rings is 1. The van der Waals surface area contributed by atoms with Crippen LogP contribution in [0.4, 0.5) is 5.13 Å². The third kappa shape index (κ3) is 3.35. The molecule has 0 radical (unpaired) electrons. The number of nitrogens with one attached hydrogen (secondary N) is 1. The maximum Gasteiger partial charge on any atom is 0.203 e. The number of nitrogens with zero attached hydrogens (tertiary/aromatic N) is 2. The van der Waals surface area contributed by atoms with Crippen LogP contribution in [0.3, 0.4) is 0 Å². The van der Waals surface area contributed by atoms with Crippen molar-refractivity contribution in [1.82, 2.24) is 4.98 Å². The molecule has 0 amide bonds. The van der Waals surface area contributed by atoms with Crippen molar-refractivity contribution in [2.45, 2.75) is 6.92 Å². The van der Waals surface area contributed by atoms with Gasteiger partial charge < -0.3 is 0 Å². The van der Waals surface area contributed by atoms with Crippen molar-refractivity contribution >= 4 is 22.2 Å². The molecule has 0 aliphatic carbocycles. The summed E-state index contributed by atoms with van der Waals surface area (Å²) < 4.78 is 0. The zero-order chi connectivity index (χ0) is 14.5. The summed E-state index contributed by atoms with van der Waals surface area (Å²) in [5.41, 5.74) is 7.15. The highest BCUT2D eigenvalue weighted by Crippen LogP contribution is 2.24. The Balaban J connectivity index is 1.73. The van der Waals surface area contributed by atoms with Crippen LogP contribution >= 0.6 is 11.3 Å². The lowest BCUT2D eigenvalue weighted by atomic mass is 10.1. The van der Waals surface area contributed by atoms with Crippen molar-refractivity contribution in [2.24, 2.45) is 5.10 Å². The standard InChI is InChI=1S/C17H15N3S/c1-13(14-8-4-2-5-9-14)19-20-17-18-16(12-21-17)15-10-6-3-7-11-15/h2-12H,1H3,(H,18,20). The molecule has 21 heavy (non-hydrogen) atoms. The van der Waals surface area contributed by atoms with Crippen molar-refractivity contribution in [1.29, 1.82) is 0 Å². The highest BCUT2D eigenvalue weighted by molar-refractivity contribution is 7.14. The molecule has 4 heteroatoms. The summed E-state index contributed by atoms with van der Waals surface area (Å²) in [6, 6.07) is 20.2. The van der Waals surface area contributed by atoms with Crippen LogP contribution in [0.1, 0.15) is 12.5 Å². The Hall–Kier alpha value is -2.46. The molecule has 1 N–H and O–H groups in total. The molecular weight excluding hydrogens is 278 g/mol. The van der Waals surface area contributed by atoms with E-state index >= 15 is 0 Å². The van der Waals surface area contributed by atoms with Crippen molar-refractivity contribution in [3.8, 4) is 11.3 Å². The van der Waals surface area contributed by atoms with Gasteiger partial charge in [0.1, 0.15) is 0 Å². The second-order valence-corrected chi connectivity index (χ2v) is 5.44. The van der Waals surface area contributed by atoms with E-state index in [4.69, 9.17) is 0 Å². The highest BCUT2D eigenvalue weighted by atomic mass is 32.1. The van der Waals surface area contributed by atoms with Crippen LogP contribution in [0, 0.1) is 0 Å². The number of rotatable bonds is 4. The molecular formula is C17H15N3S.